The molecule has 0 spiro atoms. The SMILES string of the molecule is CCCCCCCCCN(CCCCCCCCC)CCCCCCCCCCCCCC(C)C. The third-order valence-electron chi connectivity index (χ3n) is 7.91. The number of hydrogen-bond donors (Lipinski definition) is 0. The molecule has 0 aromatic rings. The second-order valence-corrected chi connectivity index (χ2v) is 12.2. The van der Waals surface area contributed by atoms with Gasteiger partial charge < -0.3 is 4.90 Å². The van der Waals surface area contributed by atoms with Gasteiger partial charge >= 0.3 is 0 Å². The van der Waals surface area contributed by atoms with Crippen molar-refractivity contribution >= 4 is 0 Å². The first-order chi connectivity index (χ1) is 17.2. The second kappa shape index (κ2) is 30.2. The number of nitrogens with zero attached hydrogens (tertiary/aromatic N) is 1. The van der Waals surface area contributed by atoms with Crippen molar-refractivity contribution in [2.75, 3.05) is 19.6 Å². The fourth-order valence-electron chi connectivity index (χ4n) is 5.40. The first-order valence-electron chi connectivity index (χ1n) is 16.9. The lowest BCUT2D eigenvalue weighted by molar-refractivity contribution is 0.254. The van der Waals surface area contributed by atoms with Gasteiger partial charge in [0, 0.05) is 0 Å². The van der Waals surface area contributed by atoms with Gasteiger partial charge in [0.15, 0.2) is 0 Å². The van der Waals surface area contributed by atoms with Crippen LogP contribution in [0.4, 0.5) is 0 Å². The lowest BCUT2D eigenvalue weighted by Gasteiger charge is -2.22. The van der Waals surface area contributed by atoms with Crippen LogP contribution in [0.15, 0.2) is 0 Å². The molecular formula is C34H71N. The molecule has 0 aromatic heterocycles. The molecule has 1 heteroatoms. The summed E-state index contributed by atoms with van der Waals surface area (Å²) in [6, 6.07) is 0. The molecular weight excluding hydrogens is 422 g/mol. The van der Waals surface area contributed by atoms with E-state index in [0.29, 0.717) is 0 Å². The van der Waals surface area contributed by atoms with Crippen LogP contribution in [0.25, 0.3) is 0 Å². The molecule has 0 bridgehead atoms. The predicted molar refractivity (Wildman–Crippen MR) is 163 cm³/mol. The largest absolute Gasteiger partial charge is 0.303 e. The highest BCUT2D eigenvalue weighted by Crippen LogP contribution is 2.15. The summed E-state index contributed by atoms with van der Waals surface area (Å²) in [6.07, 6.45) is 37.7. The maximum atomic E-state index is 2.83. The highest BCUT2D eigenvalue weighted by Gasteiger charge is 2.05. The Morgan fingerprint density at radius 3 is 0.886 bits per heavy atom. The van der Waals surface area contributed by atoms with Gasteiger partial charge in [-0.25, -0.2) is 0 Å². The van der Waals surface area contributed by atoms with E-state index >= 15 is 0 Å². The van der Waals surface area contributed by atoms with Gasteiger partial charge in [0.25, 0.3) is 0 Å². The van der Waals surface area contributed by atoms with Gasteiger partial charge in [0.1, 0.15) is 0 Å². The highest BCUT2D eigenvalue weighted by atomic mass is 15.1. The number of unbranched alkanes of at least 4 members (excludes halogenated alkanes) is 22. The topological polar surface area (TPSA) is 3.24 Å². The molecule has 35 heavy (non-hydrogen) atoms. The molecule has 0 heterocycles. The monoisotopic (exact) mass is 494 g/mol. The van der Waals surface area contributed by atoms with Crippen molar-refractivity contribution in [3.8, 4) is 0 Å². The average molecular weight is 494 g/mol. The van der Waals surface area contributed by atoms with E-state index in [1.165, 1.54) is 187 Å². The fraction of sp³-hybridized carbons (Fsp3) is 1.00. The van der Waals surface area contributed by atoms with E-state index < -0.39 is 0 Å². The first-order valence-corrected chi connectivity index (χ1v) is 16.9. The van der Waals surface area contributed by atoms with E-state index in [1.807, 2.05) is 0 Å². The Hall–Kier alpha value is -0.0400. The summed E-state index contributed by atoms with van der Waals surface area (Å²) in [6.45, 7) is 13.4. The van der Waals surface area contributed by atoms with E-state index in [4.69, 9.17) is 0 Å². The molecule has 0 unspecified atom stereocenters. The molecule has 212 valence electrons. The van der Waals surface area contributed by atoms with E-state index in [9.17, 15) is 0 Å². The Balaban J connectivity index is 3.75. The van der Waals surface area contributed by atoms with Crippen LogP contribution in [0.1, 0.15) is 195 Å². The third-order valence-corrected chi connectivity index (χ3v) is 7.91. The molecule has 0 aliphatic rings. The Morgan fingerprint density at radius 2 is 0.600 bits per heavy atom. The Kier molecular flexibility index (Phi) is 30.2. The van der Waals surface area contributed by atoms with Gasteiger partial charge in [-0.15, -0.1) is 0 Å². The van der Waals surface area contributed by atoms with Crippen LogP contribution in [-0.4, -0.2) is 24.5 Å². The average Bonchev–Trinajstić information content (AvgIpc) is 2.85. The normalized spacial score (nSPS) is 11.8. The Bertz CT molecular complexity index is 346. The van der Waals surface area contributed by atoms with Crippen LogP contribution in [-0.2, 0) is 0 Å². The smallest absolute Gasteiger partial charge is 0.00187 e. The minimum Gasteiger partial charge on any atom is -0.303 e. The van der Waals surface area contributed by atoms with Gasteiger partial charge in [0.2, 0.25) is 0 Å². The van der Waals surface area contributed by atoms with E-state index in [0.717, 1.165) is 5.92 Å². The quantitative estimate of drug-likeness (QED) is 0.0899. The molecule has 0 atom stereocenters. The van der Waals surface area contributed by atoms with Crippen LogP contribution in [0, 0.1) is 5.92 Å². The summed E-state index contributed by atoms with van der Waals surface area (Å²) in [5.74, 6) is 0.891. The number of hydrogen-bond acceptors (Lipinski definition) is 1. The molecule has 0 N–H and O–H groups in total. The van der Waals surface area contributed by atoms with Gasteiger partial charge in [-0.3, -0.25) is 0 Å². The fourth-order valence-corrected chi connectivity index (χ4v) is 5.40. The van der Waals surface area contributed by atoms with Crippen molar-refractivity contribution < 1.29 is 0 Å². The van der Waals surface area contributed by atoms with Gasteiger partial charge in [0.05, 0.1) is 0 Å². The van der Waals surface area contributed by atoms with E-state index in [2.05, 4.69) is 32.6 Å². The van der Waals surface area contributed by atoms with Crippen molar-refractivity contribution in [2.45, 2.75) is 195 Å². The Labute approximate surface area is 225 Å². The van der Waals surface area contributed by atoms with Crippen molar-refractivity contribution in [3.63, 3.8) is 0 Å². The summed E-state index contributed by atoms with van der Waals surface area (Å²) in [4.78, 5) is 2.83. The van der Waals surface area contributed by atoms with Crippen molar-refractivity contribution in [1.29, 1.82) is 0 Å². The van der Waals surface area contributed by atoms with Crippen LogP contribution in [0.2, 0.25) is 0 Å². The van der Waals surface area contributed by atoms with Crippen LogP contribution in [0.3, 0.4) is 0 Å². The molecule has 0 rings (SSSR count). The lowest BCUT2D eigenvalue weighted by atomic mass is 10.0. The maximum Gasteiger partial charge on any atom is -0.00187 e. The Morgan fingerprint density at radius 1 is 0.343 bits per heavy atom. The maximum absolute atomic E-state index is 2.83. The molecule has 0 fully saturated rings. The summed E-state index contributed by atoms with van der Waals surface area (Å²) >= 11 is 0. The second-order valence-electron chi connectivity index (χ2n) is 12.2. The molecule has 0 aliphatic heterocycles. The standard InChI is InChI=1S/C34H71N/c1-5-7-9-11-19-23-27-31-35(32-28-24-20-12-10-8-6-2)33-29-25-21-17-15-13-14-16-18-22-26-30-34(3)4/h34H,5-33H2,1-4H3. The summed E-state index contributed by atoms with van der Waals surface area (Å²) in [5.41, 5.74) is 0. The zero-order chi connectivity index (χ0) is 25.7. The summed E-state index contributed by atoms with van der Waals surface area (Å²) < 4.78 is 0. The van der Waals surface area contributed by atoms with Crippen molar-refractivity contribution in [1.82, 2.24) is 4.90 Å². The number of rotatable bonds is 30. The summed E-state index contributed by atoms with van der Waals surface area (Å²) in [7, 11) is 0. The van der Waals surface area contributed by atoms with Crippen LogP contribution < -0.4 is 0 Å². The van der Waals surface area contributed by atoms with Gasteiger partial charge in [-0.05, 0) is 44.8 Å². The zero-order valence-electron chi connectivity index (χ0n) is 25.5. The molecule has 0 amide bonds. The van der Waals surface area contributed by atoms with Crippen molar-refractivity contribution in [2.24, 2.45) is 5.92 Å². The highest BCUT2D eigenvalue weighted by molar-refractivity contribution is 4.61. The van der Waals surface area contributed by atoms with Crippen LogP contribution >= 0.6 is 0 Å². The van der Waals surface area contributed by atoms with Gasteiger partial charge in [-0.1, -0.05) is 175 Å². The van der Waals surface area contributed by atoms with Crippen LogP contribution in [0.5, 0.6) is 0 Å². The predicted octanol–water partition coefficient (Wildman–Crippen LogP) is 12.1. The van der Waals surface area contributed by atoms with E-state index in [-0.39, 0.29) is 0 Å². The molecule has 0 aromatic carbocycles. The van der Waals surface area contributed by atoms with Gasteiger partial charge in [-0.2, -0.15) is 0 Å². The molecule has 0 aliphatic carbocycles. The first kappa shape index (κ1) is 35.0. The third kappa shape index (κ3) is 30.1. The molecule has 0 radical (unpaired) electrons. The minimum absolute atomic E-state index is 0.891. The van der Waals surface area contributed by atoms with E-state index in [1.54, 1.807) is 0 Å². The zero-order valence-corrected chi connectivity index (χ0v) is 25.5. The minimum atomic E-state index is 0.891. The molecule has 0 saturated carbocycles. The van der Waals surface area contributed by atoms with Crippen molar-refractivity contribution in [3.05, 3.63) is 0 Å². The lowest BCUT2D eigenvalue weighted by Crippen LogP contribution is -2.27. The summed E-state index contributed by atoms with van der Waals surface area (Å²) in [5, 5.41) is 0. The molecule has 1 nitrogen and oxygen atoms in total. The molecule has 0 saturated heterocycles.